The van der Waals surface area contributed by atoms with E-state index in [0.29, 0.717) is 24.6 Å². The molecule has 0 saturated heterocycles. The summed E-state index contributed by atoms with van der Waals surface area (Å²) in [6.45, 7) is 0.728. The van der Waals surface area contributed by atoms with E-state index in [1.165, 1.54) is 25.2 Å². The van der Waals surface area contributed by atoms with Gasteiger partial charge in [-0.25, -0.2) is 0 Å². The second-order valence-corrected chi connectivity index (χ2v) is 5.71. The van der Waals surface area contributed by atoms with Crippen LogP contribution in [0, 0.1) is 10.1 Å². The minimum Gasteiger partial charge on any atom is -0.492 e. The second-order valence-electron chi connectivity index (χ2n) is 4.80. The number of nitro groups is 1. The van der Waals surface area contributed by atoms with Gasteiger partial charge in [0.1, 0.15) is 18.0 Å². The van der Waals surface area contributed by atoms with Crippen LogP contribution in [0.5, 0.6) is 5.75 Å². The Bertz CT molecular complexity index is 735. The maximum Gasteiger partial charge on any atom is 0.293 e. The zero-order valence-corrected chi connectivity index (χ0v) is 14.5. The number of amides is 1. The largest absolute Gasteiger partial charge is 0.492 e. The molecule has 0 fully saturated rings. The number of rotatable bonds is 7. The third-order valence-corrected chi connectivity index (χ3v) is 3.71. The minimum absolute atomic E-state index is 0.153. The van der Waals surface area contributed by atoms with Gasteiger partial charge in [-0.05, 0) is 36.4 Å². The van der Waals surface area contributed by atoms with Crippen LogP contribution < -0.4 is 15.4 Å². The number of ether oxygens (including phenoxy) is 1. The maximum atomic E-state index is 11.6. The molecule has 7 nitrogen and oxygen atoms in total. The van der Waals surface area contributed by atoms with Crippen LogP contribution in [0.15, 0.2) is 46.9 Å². The molecule has 2 N–H and O–H groups in total. The Morgan fingerprint density at radius 1 is 1.25 bits per heavy atom. The number of nitrogens with one attached hydrogen (secondary N) is 2. The first kappa shape index (κ1) is 17.7. The van der Waals surface area contributed by atoms with Crippen molar-refractivity contribution >= 4 is 33.2 Å². The number of hydrogen-bond donors (Lipinski definition) is 2. The molecule has 0 atom stereocenters. The van der Waals surface area contributed by atoms with Crippen LogP contribution in [0.4, 0.5) is 11.4 Å². The smallest absolute Gasteiger partial charge is 0.293 e. The molecule has 0 aliphatic heterocycles. The molecule has 126 valence electrons. The summed E-state index contributed by atoms with van der Waals surface area (Å²) in [4.78, 5) is 22.2. The standard InChI is InChI=1S/C16H16BrN3O4/c1-18-16(21)11-2-7-14(15(10-11)20(22)23)19-8-9-24-13-5-3-12(17)4-6-13/h2-7,10,19H,8-9H2,1H3,(H,18,21). The lowest BCUT2D eigenvalue weighted by molar-refractivity contribution is -0.384. The van der Waals surface area contributed by atoms with E-state index in [-0.39, 0.29) is 17.2 Å². The molecule has 2 aromatic rings. The van der Waals surface area contributed by atoms with Gasteiger partial charge in [-0.15, -0.1) is 0 Å². The van der Waals surface area contributed by atoms with Crippen molar-refractivity contribution in [1.82, 2.24) is 5.32 Å². The number of hydrogen-bond acceptors (Lipinski definition) is 5. The molecule has 0 aliphatic rings. The molecule has 2 rings (SSSR count). The summed E-state index contributed by atoms with van der Waals surface area (Å²) >= 11 is 3.34. The normalized spacial score (nSPS) is 10.1. The molecule has 2 aromatic carbocycles. The van der Waals surface area contributed by atoms with E-state index in [1.54, 1.807) is 0 Å². The van der Waals surface area contributed by atoms with Crippen molar-refractivity contribution in [3.63, 3.8) is 0 Å². The molecule has 0 heterocycles. The second kappa shape index (κ2) is 8.30. The Morgan fingerprint density at radius 3 is 2.58 bits per heavy atom. The highest BCUT2D eigenvalue weighted by atomic mass is 79.9. The van der Waals surface area contributed by atoms with Gasteiger partial charge in [0, 0.05) is 29.7 Å². The van der Waals surface area contributed by atoms with Crippen molar-refractivity contribution in [1.29, 1.82) is 0 Å². The average Bonchev–Trinajstić information content (AvgIpc) is 2.59. The highest BCUT2D eigenvalue weighted by Gasteiger charge is 2.16. The molecule has 24 heavy (non-hydrogen) atoms. The van der Waals surface area contributed by atoms with Crippen molar-refractivity contribution < 1.29 is 14.5 Å². The van der Waals surface area contributed by atoms with Crippen LogP contribution >= 0.6 is 15.9 Å². The fourth-order valence-corrected chi connectivity index (χ4v) is 2.27. The first-order valence-electron chi connectivity index (χ1n) is 7.14. The average molecular weight is 394 g/mol. The number of carbonyl (C=O) groups excluding carboxylic acids is 1. The van der Waals surface area contributed by atoms with Gasteiger partial charge in [0.2, 0.25) is 0 Å². The van der Waals surface area contributed by atoms with Gasteiger partial charge in [0.15, 0.2) is 0 Å². The minimum atomic E-state index is -0.523. The van der Waals surface area contributed by atoms with E-state index in [1.807, 2.05) is 24.3 Å². The lowest BCUT2D eigenvalue weighted by atomic mass is 10.1. The molecule has 0 bridgehead atoms. The number of nitro benzene ring substituents is 1. The Balaban J connectivity index is 1.97. The van der Waals surface area contributed by atoms with E-state index >= 15 is 0 Å². The summed E-state index contributed by atoms with van der Waals surface area (Å²) in [5.41, 5.74) is 0.424. The summed E-state index contributed by atoms with van der Waals surface area (Å²) in [6.07, 6.45) is 0. The van der Waals surface area contributed by atoms with Gasteiger partial charge >= 0.3 is 0 Å². The molecule has 0 spiro atoms. The van der Waals surface area contributed by atoms with Crippen molar-refractivity contribution in [3.8, 4) is 5.75 Å². The van der Waals surface area contributed by atoms with Gasteiger partial charge in [-0.1, -0.05) is 15.9 Å². The molecular weight excluding hydrogens is 378 g/mol. The van der Waals surface area contributed by atoms with Crippen molar-refractivity contribution in [3.05, 3.63) is 62.6 Å². The molecule has 0 unspecified atom stereocenters. The lowest BCUT2D eigenvalue weighted by Crippen LogP contribution is -2.18. The Kier molecular flexibility index (Phi) is 6.14. The van der Waals surface area contributed by atoms with E-state index in [0.717, 1.165) is 4.47 Å². The van der Waals surface area contributed by atoms with Gasteiger partial charge in [0.25, 0.3) is 11.6 Å². The van der Waals surface area contributed by atoms with Crippen LogP contribution in [-0.4, -0.2) is 31.0 Å². The quantitative estimate of drug-likeness (QED) is 0.427. The molecule has 8 heteroatoms. The van der Waals surface area contributed by atoms with Crippen LogP contribution in [0.2, 0.25) is 0 Å². The van der Waals surface area contributed by atoms with E-state index in [4.69, 9.17) is 4.74 Å². The summed E-state index contributed by atoms with van der Waals surface area (Å²) in [5, 5.41) is 16.6. The monoisotopic (exact) mass is 393 g/mol. The van der Waals surface area contributed by atoms with E-state index < -0.39 is 4.92 Å². The Labute approximate surface area is 147 Å². The van der Waals surface area contributed by atoms with Gasteiger partial charge in [0.05, 0.1) is 4.92 Å². The molecular formula is C16H16BrN3O4. The highest BCUT2D eigenvalue weighted by molar-refractivity contribution is 9.10. The third kappa shape index (κ3) is 4.69. The Hall–Kier alpha value is -2.61. The molecule has 0 saturated carbocycles. The number of nitrogens with zero attached hydrogens (tertiary/aromatic N) is 1. The predicted molar refractivity (Wildman–Crippen MR) is 94.6 cm³/mol. The number of halogens is 1. The SMILES string of the molecule is CNC(=O)c1ccc(NCCOc2ccc(Br)cc2)c([N+](=O)[O-])c1. The van der Waals surface area contributed by atoms with Crippen LogP contribution in [0.1, 0.15) is 10.4 Å². The number of benzene rings is 2. The predicted octanol–water partition coefficient (Wildman–Crippen LogP) is 3.21. The van der Waals surface area contributed by atoms with E-state index in [9.17, 15) is 14.9 Å². The molecule has 1 amide bonds. The molecule has 0 radical (unpaired) electrons. The maximum absolute atomic E-state index is 11.6. The topological polar surface area (TPSA) is 93.5 Å². The van der Waals surface area contributed by atoms with Crippen LogP contribution in [-0.2, 0) is 0 Å². The van der Waals surface area contributed by atoms with Gasteiger partial charge < -0.3 is 15.4 Å². The first-order chi connectivity index (χ1) is 11.5. The zero-order chi connectivity index (χ0) is 17.5. The van der Waals surface area contributed by atoms with Crippen molar-refractivity contribution in [2.75, 3.05) is 25.5 Å². The third-order valence-electron chi connectivity index (χ3n) is 3.18. The summed E-state index contributed by atoms with van der Waals surface area (Å²) in [6, 6.07) is 11.7. The van der Waals surface area contributed by atoms with Crippen LogP contribution in [0.3, 0.4) is 0 Å². The molecule has 0 aliphatic carbocycles. The van der Waals surface area contributed by atoms with Gasteiger partial charge in [-0.2, -0.15) is 0 Å². The van der Waals surface area contributed by atoms with Crippen LogP contribution in [0.25, 0.3) is 0 Å². The summed E-state index contributed by atoms with van der Waals surface area (Å²) in [5.74, 6) is 0.340. The summed E-state index contributed by atoms with van der Waals surface area (Å²) in [7, 11) is 1.47. The highest BCUT2D eigenvalue weighted by Crippen LogP contribution is 2.25. The fourth-order valence-electron chi connectivity index (χ4n) is 2.00. The number of anilines is 1. The van der Waals surface area contributed by atoms with Crippen molar-refractivity contribution in [2.45, 2.75) is 0 Å². The van der Waals surface area contributed by atoms with Gasteiger partial charge in [-0.3, -0.25) is 14.9 Å². The summed E-state index contributed by atoms with van der Waals surface area (Å²) < 4.78 is 6.50. The fraction of sp³-hybridized carbons (Fsp3) is 0.188. The van der Waals surface area contributed by atoms with E-state index in [2.05, 4.69) is 26.6 Å². The Morgan fingerprint density at radius 2 is 1.96 bits per heavy atom. The van der Waals surface area contributed by atoms with Crippen molar-refractivity contribution in [2.24, 2.45) is 0 Å². The molecule has 0 aromatic heterocycles. The lowest BCUT2D eigenvalue weighted by Gasteiger charge is -2.10. The number of carbonyl (C=O) groups is 1. The zero-order valence-electron chi connectivity index (χ0n) is 12.9. The first-order valence-corrected chi connectivity index (χ1v) is 7.93.